The van der Waals surface area contributed by atoms with Crippen LogP contribution in [0.5, 0.6) is 0 Å². The summed E-state index contributed by atoms with van der Waals surface area (Å²) in [7, 11) is 0. The molecule has 0 aliphatic carbocycles. The van der Waals surface area contributed by atoms with Crippen LogP contribution in [0.1, 0.15) is 0 Å². The van der Waals surface area contributed by atoms with Crippen LogP contribution < -0.4 is 5.56 Å². The summed E-state index contributed by atoms with van der Waals surface area (Å²) in [5, 5.41) is 7.25. The molecule has 0 aromatic heterocycles. The molecule has 0 spiro atoms. The average molecular weight is 203 g/mol. The first-order chi connectivity index (χ1) is 6.84. The Morgan fingerprint density at radius 3 is 3.00 bits per heavy atom. The molecule has 0 unspecified atom stereocenters. The second-order valence-corrected chi connectivity index (χ2v) is 3.96. The maximum Gasteiger partial charge on any atom is 0.309 e. The minimum Gasteiger partial charge on any atom is -0.336 e. The Hall–Kier alpha value is -1.75. The molecule has 1 aromatic rings. The number of aromatic amines is 1. The Bertz CT molecular complexity index is 715. The fourth-order valence-electron chi connectivity index (χ4n) is 1.36. The number of nitrogens with zero attached hydrogens (tertiary/aromatic N) is 2. The SMILES string of the molecule is O=c1nnc2[nH]c3ccccc3sc1=2. The van der Waals surface area contributed by atoms with Crippen molar-refractivity contribution in [3.8, 4) is 0 Å². The number of hydrogen-bond acceptors (Lipinski definition) is 4. The van der Waals surface area contributed by atoms with Crippen LogP contribution in [-0.4, -0.2) is 15.2 Å². The van der Waals surface area contributed by atoms with Gasteiger partial charge in [-0.3, -0.25) is 4.79 Å². The summed E-state index contributed by atoms with van der Waals surface area (Å²) in [6, 6.07) is 7.78. The lowest BCUT2D eigenvalue weighted by Gasteiger charge is -1.93. The first kappa shape index (κ1) is 7.64. The van der Waals surface area contributed by atoms with E-state index in [1.54, 1.807) is 0 Å². The Kier molecular flexibility index (Phi) is 1.43. The number of rotatable bonds is 0. The Morgan fingerprint density at radius 2 is 2.07 bits per heavy atom. The summed E-state index contributed by atoms with van der Waals surface area (Å²) in [5.74, 6) is 0. The maximum absolute atomic E-state index is 11.2. The van der Waals surface area contributed by atoms with Gasteiger partial charge < -0.3 is 4.98 Å². The van der Waals surface area contributed by atoms with Gasteiger partial charge in [-0.1, -0.05) is 12.1 Å². The number of para-hydroxylation sites is 1. The van der Waals surface area contributed by atoms with Gasteiger partial charge in [-0.2, -0.15) is 0 Å². The van der Waals surface area contributed by atoms with E-state index >= 15 is 0 Å². The number of fused-ring (bicyclic) bond motifs is 1. The molecule has 0 saturated heterocycles. The molecular weight excluding hydrogens is 198 g/mol. The molecule has 4 nitrogen and oxygen atoms in total. The van der Waals surface area contributed by atoms with Crippen molar-refractivity contribution in [2.45, 2.75) is 0 Å². The molecule has 0 bridgehead atoms. The second-order valence-electron chi connectivity index (χ2n) is 2.91. The largest absolute Gasteiger partial charge is 0.336 e. The van der Waals surface area contributed by atoms with E-state index in [1.807, 2.05) is 24.3 Å². The lowest BCUT2D eigenvalue weighted by molar-refractivity contribution is 0.996. The fourth-order valence-corrected chi connectivity index (χ4v) is 2.27. The van der Waals surface area contributed by atoms with Gasteiger partial charge in [0.15, 0.2) is 5.48 Å². The van der Waals surface area contributed by atoms with E-state index in [0.717, 1.165) is 10.2 Å². The van der Waals surface area contributed by atoms with Crippen molar-refractivity contribution in [1.82, 2.24) is 15.2 Å². The van der Waals surface area contributed by atoms with Crippen molar-refractivity contribution < 1.29 is 0 Å². The summed E-state index contributed by atoms with van der Waals surface area (Å²) < 4.78 is 1.62. The van der Waals surface area contributed by atoms with Gasteiger partial charge >= 0.3 is 5.56 Å². The summed E-state index contributed by atoms with van der Waals surface area (Å²) in [4.78, 5) is 14.3. The standard InChI is InChI=1S/C9H5N3OS/c13-9-7-8(11-12-9)10-5-3-1-2-4-6(5)14-7/h1-4,10H. The van der Waals surface area contributed by atoms with E-state index in [9.17, 15) is 4.79 Å². The van der Waals surface area contributed by atoms with E-state index in [1.165, 1.54) is 11.3 Å². The van der Waals surface area contributed by atoms with Crippen LogP contribution in [0.15, 0.2) is 29.1 Å². The van der Waals surface area contributed by atoms with Gasteiger partial charge in [-0.25, -0.2) is 0 Å². The molecular formula is C9H5N3OS. The van der Waals surface area contributed by atoms with Gasteiger partial charge in [0.05, 0.1) is 10.2 Å². The molecule has 0 saturated carbocycles. The third kappa shape index (κ3) is 0.958. The van der Waals surface area contributed by atoms with E-state index in [-0.39, 0.29) is 5.56 Å². The van der Waals surface area contributed by atoms with Gasteiger partial charge in [0.1, 0.15) is 4.53 Å². The lowest BCUT2D eigenvalue weighted by atomic mass is 10.3. The van der Waals surface area contributed by atoms with Crippen LogP contribution in [0, 0.1) is 10.0 Å². The number of hydrogen-bond donors (Lipinski definition) is 1. The van der Waals surface area contributed by atoms with Gasteiger partial charge in [-0.05, 0) is 12.1 Å². The summed E-state index contributed by atoms with van der Waals surface area (Å²) in [6.45, 7) is 0. The molecule has 0 fully saturated rings. The number of benzene rings is 1. The van der Waals surface area contributed by atoms with Crippen molar-refractivity contribution in [2.75, 3.05) is 0 Å². The Morgan fingerprint density at radius 1 is 1.21 bits per heavy atom. The predicted molar refractivity (Wildman–Crippen MR) is 53.3 cm³/mol. The van der Waals surface area contributed by atoms with Crippen molar-refractivity contribution in [3.63, 3.8) is 0 Å². The first-order valence-corrected chi connectivity index (χ1v) is 4.90. The van der Waals surface area contributed by atoms with Crippen molar-refractivity contribution in [3.05, 3.63) is 44.6 Å². The van der Waals surface area contributed by atoms with Crippen LogP contribution in [0.3, 0.4) is 0 Å². The van der Waals surface area contributed by atoms with Gasteiger partial charge in [0.25, 0.3) is 0 Å². The van der Waals surface area contributed by atoms with Crippen LogP contribution in [0.2, 0.25) is 0 Å². The highest BCUT2D eigenvalue weighted by molar-refractivity contribution is 7.16. The quantitative estimate of drug-likeness (QED) is 0.595. The van der Waals surface area contributed by atoms with Crippen molar-refractivity contribution in [2.24, 2.45) is 0 Å². The molecule has 1 aromatic carbocycles. The lowest BCUT2D eigenvalue weighted by Crippen LogP contribution is -1.98. The van der Waals surface area contributed by atoms with Gasteiger partial charge in [-0.15, -0.1) is 21.5 Å². The number of aromatic nitrogens is 3. The Balaban J connectivity index is 2.68. The normalized spacial score (nSPS) is 11.1. The molecule has 14 heavy (non-hydrogen) atoms. The van der Waals surface area contributed by atoms with Crippen molar-refractivity contribution in [1.29, 1.82) is 0 Å². The van der Waals surface area contributed by atoms with Gasteiger partial charge in [0, 0.05) is 0 Å². The predicted octanol–water partition coefficient (Wildman–Crippen LogP) is 1.10. The highest BCUT2D eigenvalue weighted by atomic mass is 32.1. The molecule has 2 heterocycles. The summed E-state index contributed by atoms with van der Waals surface area (Å²) >= 11 is 1.42. The highest BCUT2D eigenvalue weighted by Crippen LogP contribution is 2.15. The zero-order chi connectivity index (χ0) is 9.54. The van der Waals surface area contributed by atoms with Crippen molar-refractivity contribution >= 4 is 21.6 Å². The maximum atomic E-state index is 11.2. The van der Waals surface area contributed by atoms with Crippen LogP contribution in [0.4, 0.5) is 0 Å². The molecule has 0 atom stereocenters. The first-order valence-electron chi connectivity index (χ1n) is 4.09. The summed E-state index contributed by atoms with van der Waals surface area (Å²) in [5.41, 5.74) is 1.29. The molecule has 5 heteroatoms. The number of nitrogens with one attached hydrogen (secondary N) is 1. The van der Waals surface area contributed by atoms with Gasteiger partial charge in [0.2, 0.25) is 0 Å². The minimum absolute atomic E-state index is 0.257. The second kappa shape index (κ2) is 2.62. The van der Waals surface area contributed by atoms with E-state index in [0.29, 0.717) is 10.0 Å². The zero-order valence-electron chi connectivity index (χ0n) is 7.02. The molecule has 68 valence electrons. The van der Waals surface area contributed by atoms with Crippen LogP contribution >= 0.6 is 11.3 Å². The summed E-state index contributed by atoms with van der Waals surface area (Å²) in [6.07, 6.45) is 0. The topological polar surface area (TPSA) is 58.6 Å². The fraction of sp³-hybridized carbons (Fsp3) is 0. The van der Waals surface area contributed by atoms with E-state index < -0.39 is 0 Å². The Labute approximate surface area is 81.9 Å². The third-order valence-electron chi connectivity index (χ3n) is 2.00. The third-order valence-corrected chi connectivity index (χ3v) is 3.15. The molecule has 1 N–H and O–H groups in total. The highest BCUT2D eigenvalue weighted by Gasteiger charge is 2.01. The number of H-pyrrole nitrogens is 1. The van der Waals surface area contributed by atoms with E-state index in [4.69, 9.17) is 0 Å². The molecule has 0 amide bonds. The van der Waals surface area contributed by atoms with Crippen LogP contribution in [-0.2, 0) is 0 Å². The van der Waals surface area contributed by atoms with Crippen LogP contribution in [0.25, 0.3) is 10.2 Å². The molecule has 3 rings (SSSR count). The molecule has 0 radical (unpaired) electrons. The molecule has 2 aliphatic rings. The minimum atomic E-state index is -0.257. The molecule has 2 aliphatic heterocycles. The van der Waals surface area contributed by atoms with E-state index in [2.05, 4.69) is 15.2 Å². The average Bonchev–Trinajstić information content (AvgIpc) is 2.57. The zero-order valence-corrected chi connectivity index (χ0v) is 7.84. The monoisotopic (exact) mass is 203 g/mol. The smallest absolute Gasteiger partial charge is 0.309 e.